The van der Waals surface area contributed by atoms with E-state index < -0.39 is 11.6 Å². The van der Waals surface area contributed by atoms with Crippen molar-refractivity contribution in [3.8, 4) is 5.75 Å². The van der Waals surface area contributed by atoms with Crippen molar-refractivity contribution < 1.29 is 23.8 Å². The van der Waals surface area contributed by atoms with Crippen molar-refractivity contribution in [3.05, 3.63) is 23.8 Å². The van der Waals surface area contributed by atoms with Crippen molar-refractivity contribution in [1.82, 2.24) is 0 Å². The maximum atomic E-state index is 13.2. The minimum Gasteiger partial charge on any atom is -0.493 e. The van der Waals surface area contributed by atoms with Gasteiger partial charge in [0.1, 0.15) is 16.9 Å². The fourth-order valence-electron chi connectivity index (χ4n) is 3.78. The SMILES string of the molecule is CCCCOc1ccc(NC(=O)[C@@]2(OCCC)CCC[C@@H](C)C2)cc1C(=O)OC. The largest absolute Gasteiger partial charge is 0.493 e. The molecule has 6 nitrogen and oxygen atoms in total. The molecule has 1 aromatic carbocycles. The number of amides is 1. The van der Waals surface area contributed by atoms with E-state index in [1.165, 1.54) is 7.11 Å². The van der Waals surface area contributed by atoms with Crippen LogP contribution >= 0.6 is 0 Å². The summed E-state index contributed by atoms with van der Waals surface area (Å²) in [4.78, 5) is 25.4. The molecule has 1 aromatic rings. The number of nitrogens with one attached hydrogen (secondary N) is 1. The van der Waals surface area contributed by atoms with E-state index in [4.69, 9.17) is 14.2 Å². The topological polar surface area (TPSA) is 73.9 Å². The fraction of sp³-hybridized carbons (Fsp3) is 0.652. The zero-order chi connectivity index (χ0) is 21.3. The molecule has 6 heteroatoms. The van der Waals surface area contributed by atoms with Crippen LogP contribution in [0.5, 0.6) is 5.75 Å². The molecule has 0 bridgehead atoms. The van der Waals surface area contributed by atoms with Crippen molar-refractivity contribution in [2.75, 3.05) is 25.6 Å². The number of carbonyl (C=O) groups is 2. The predicted octanol–water partition coefficient (Wildman–Crippen LogP) is 4.97. The third-order valence-corrected chi connectivity index (χ3v) is 5.35. The Morgan fingerprint density at radius 3 is 2.66 bits per heavy atom. The Bertz CT molecular complexity index is 690. The number of rotatable bonds is 10. The summed E-state index contributed by atoms with van der Waals surface area (Å²) in [5.41, 5.74) is 0.0351. The lowest BCUT2D eigenvalue weighted by molar-refractivity contribution is -0.148. The highest BCUT2D eigenvalue weighted by Crippen LogP contribution is 2.36. The van der Waals surface area contributed by atoms with E-state index in [1.54, 1.807) is 18.2 Å². The maximum absolute atomic E-state index is 13.2. The lowest BCUT2D eigenvalue weighted by Gasteiger charge is -2.38. The molecule has 29 heavy (non-hydrogen) atoms. The average molecular weight is 406 g/mol. The minimum absolute atomic E-state index is 0.145. The van der Waals surface area contributed by atoms with Gasteiger partial charge >= 0.3 is 5.97 Å². The van der Waals surface area contributed by atoms with Crippen LogP contribution in [0, 0.1) is 5.92 Å². The van der Waals surface area contributed by atoms with Gasteiger partial charge in [-0.15, -0.1) is 0 Å². The van der Waals surface area contributed by atoms with Gasteiger partial charge in [0.2, 0.25) is 0 Å². The molecule has 0 saturated heterocycles. The Kier molecular flexibility index (Phi) is 8.96. The summed E-state index contributed by atoms with van der Waals surface area (Å²) in [5.74, 6) is 0.265. The van der Waals surface area contributed by atoms with Crippen LogP contribution in [0.15, 0.2) is 18.2 Å². The number of ether oxygens (including phenoxy) is 3. The molecule has 0 unspecified atom stereocenters. The summed E-state index contributed by atoms with van der Waals surface area (Å²) in [6, 6.07) is 5.08. The Morgan fingerprint density at radius 1 is 1.21 bits per heavy atom. The summed E-state index contributed by atoms with van der Waals surface area (Å²) in [6.45, 7) is 7.35. The first-order chi connectivity index (χ1) is 14.0. The van der Waals surface area contributed by atoms with E-state index in [0.717, 1.165) is 32.1 Å². The van der Waals surface area contributed by atoms with Gasteiger partial charge in [0.05, 0.1) is 13.7 Å². The molecule has 1 fully saturated rings. The molecule has 0 aliphatic heterocycles. The zero-order valence-corrected chi connectivity index (χ0v) is 18.2. The Hall–Kier alpha value is -2.08. The number of methoxy groups -OCH3 is 1. The van der Waals surface area contributed by atoms with E-state index in [-0.39, 0.29) is 5.91 Å². The number of hydrogen-bond acceptors (Lipinski definition) is 5. The van der Waals surface area contributed by atoms with Crippen molar-refractivity contribution in [2.45, 2.75) is 71.3 Å². The number of esters is 1. The number of hydrogen-bond donors (Lipinski definition) is 1. The number of benzene rings is 1. The highest BCUT2D eigenvalue weighted by molar-refractivity contribution is 5.99. The van der Waals surface area contributed by atoms with Crippen LogP contribution in [0.1, 0.15) is 76.1 Å². The van der Waals surface area contributed by atoms with Crippen LogP contribution in [-0.2, 0) is 14.3 Å². The lowest BCUT2D eigenvalue weighted by Crippen LogP contribution is -2.48. The van der Waals surface area contributed by atoms with Crippen LogP contribution in [0.3, 0.4) is 0 Å². The van der Waals surface area contributed by atoms with E-state index in [1.807, 2.05) is 6.92 Å². The second kappa shape index (κ2) is 11.2. The van der Waals surface area contributed by atoms with Crippen molar-refractivity contribution >= 4 is 17.6 Å². The molecule has 0 heterocycles. The van der Waals surface area contributed by atoms with Gasteiger partial charge in [-0.3, -0.25) is 4.79 Å². The van der Waals surface area contributed by atoms with Gasteiger partial charge < -0.3 is 19.5 Å². The highest BCUT2D eigenvalue weighted by atomic mass is 16.5. The van der Waals surface area contributed by atoms with Gasteiger partial charge in [-0.2, -0.15) is 0 Å². The fourth-order valence-corrected chi connectivity index (χ4v) is 3.78. The first-order valence-electron chi connectivity index (χ1n) is 10.8. The molecule has 0 radical (unpaired) electrons. The second-order valence-electron chi connectivity index (χ2n) is 7.90. The lowest BCUT2D eigenvalue weighted by atomic mass is 9.78. The van der Waals surface area contributed by atoms with Crippen molar-refractivity contribution in [2.24, 2.45) is 5.92 Å². The van der Waals surface area contributed by atoms with Gasteiger partial charge in [0.15, 0.2) is 0 Å². The van der Waals surface area contributed by atoms with Crippen LogP contribution in [-0.4, -0.2) is 37.8 Å². The molecule has 1 aliphatic carbocycles. The first-order valence-corrected chi connectivity index (χ1v) is 10.8. The Balaban J connectivity index is 2.21. The molecule has 1 amide bonds. The molecule has 2 atom stereocenters. The molecule has 1 aliphatic rings. The number of anilines is 1. The van der Waals surface area contributed by atoms with E-state index in [2.05, 4.69) is 19.2 Å². The third-order valence-electron chi connectivity index (χ3n) is 5.35. The average Bonchev–Trinajstić information content (AvgIpc) is 2.72. The quantitative estimate of drug-likeness (QED) is 0.440. The van der Waals surface area contributed by atoms with Gasteiger partial charge in [0.25, 0.3) is 5.91 Å². The van der Waals surface area contributed by atoms with Gasteiger partial charge in [-0.1, -0.05) is 33.6 Å². The summed E-state index contributed by atoms with van der Waals surface area (Å²) in [6.07, 6.45) is 6.26. The summed E-state index contributed by atoms with van der Waals surface area (Å²) >= 11 is 0. The van der Waals surface area contributed by atoms with Crippen LogP contribution < -0.4 is 10.1 Å². The molecular weight excluding hydrogens is 370 g/mol. The summed E-state index contributed by atoms with van der Waals surface area (Å²) in [7, 11) is 1.33. The maximum Gasteiger partial charge on any atom is 0.341 e. The van der Waals surface area contributed by atoms with Crippen LogP contribution in [0.25, 0.3) is 0 Å². The van der Waals surface area contributed by atoms with Crippen molar-refractivity contribution in [3.63, 3.8) is 0 Å². The second-order valence-corrected chi connectivity index (χ2v) is 7.90. The van der Waals surface area contributed by atoms with E-state index >= 15 is 0 Å². The molecule has 1 N–H and O–H groups in total. The van der Waals surface area contributed by atoms with E-state index in [9.17, 15) is 9.59 Å². The van der Waals surface area contributed by atoms with E-state index in [0.29, 0.717) is 49.0 Å². The standard InChI is InChI=1S/C23H35NO5/c1-5-7-14-28-20-11-10-18(15-19(20)21(25)27-4)24-22(26)23(29-13-6-2)12-8-9-17(3)16-23/h10-11,15,17H,5-9,12-14,16H2,1-4H3,(H,24,26)/t17-,23-/m1/s1. The predicted molar refractivity (Wildman–Crippen MR) is 113 cm³/mol. The molecule has 2 rings (SSSR count). The molecule has 0 spiro atoms. The Morgan fingerprint density at radius 2 is 2.00 bits per heavy atom. The van der Waals surface area contributed by atoms with Crippen LogP contribution in [0.2, 0.25) is 0 Å². The minimum atomic E-state index is -0.810. The van der Waals surface area contributed by atoms with Gasteiger partial charge in [0, 0.05) is 12.3 Å². The smallest absolute Gasteiger partial charge is 0.341 e. The molecule has 162 valence electrons. The molecular formula is C23H35NO5. The monoisotopic (exact) mass is 405 g/mol. The normalized spacial score (nSPS) is 21.4. The van der Waals surface area contributed by atoms with Crippen molar-refractivity contribution in [1.29, 1.82) is 0 Å². The summed E-state index contributed by atoms with van der Waals surface area (Å²) in [5, 5.41) is 2.97. The zero-order valence-electron chi connectivity index (χ0n) is 18.2. The third kappa shape index (κ3) is 6.20. The first kappa shape index (κ1) is 23.2. The molecule has 1 saturated carbocycles. The molecule has 0 aromatic heterocycles. The van der Waals surface area contributed by atoms with Gasteiger partial charge in [-0.25, -0.2) is 4.79 Å². The van der Waals surface area contributed by atoms with Crippen LogP contribution in [0.4, 0.5) is 5.69 Å². The number of unbranched alkanes of at least 4 members (excludes halogenated alkanes) is 1. The van der Waals surface area contributed by atoms with Gasteiger partial charge in [-0.05, 0) is 56.2 Å². The summed E-state index contributed by atoms with van der Waals surface area (Å²) < 4.78 is 16.7. The Labute approximate surface area is 174 Å². The number of carbonyl (C=O) groups excluding carboxylic acids is 2. The highest BCUT2D eigenvalue weighted by Gasteiger charge is 2.42.